The van der Waals surface area contributed by atoms with E-state index in [0.717, 1.165) is 6.08 Å². The fourth-order valence-electron chi connectivity index (χ4n) is 1.33. The zero-order chi connectivity index (χ0) is 12.8. The van der Waals surface area contributed by atoms with Crippen molar-refractivity contribution in [3.8, 4) is 11.6 Å². The molecule has 0 unspecified atom stereocenters. The van der Waals surface area contributed by atoms with E-state index in [1.807, 2.05) is 30.3 Å². The predicted octanol–water partition coefficient (Wildman–Crippen LogP) is 2.97. The van der Waals surface area contributed by atoms with Crippen LogP contribution in [-0.4, -0.2) is 16.1 Å². The minimum absolute atomic E-state index is 0.466. The summed E-state index contributed by atoms with van der Waals surface area (Å²) in [7, 11) is 0. The van der Waals surface area contributed by atoms with Gasteiger partial charge in [-0.2, -0.15) is 0 Å². The van der Waals surface area contributed by atoms with Gasteiger partial charge in [0.1, 0.15) is 5.75 Å². The molecule has 0 spiro atoms. The number of aromatic nitrogens is 1. The van der Waals surface area contributed by atoms with E-state index in [4.69, 9.17) is 9.84 Å². The number of rotatable bonds is 4. The molecule has 1 aromatic carbocycles. The monoisotopic (exact) mass is 241 g/mol. The number of carboxylic acid groups (broad SMARTS) is 1. The van der Waals surface area contributed by atoms with Crippen LogP contribution in [0, 0.1) is 0 Å². The smallest absolute Gasteiger partial charge is 0.328 e. The summed E-state index contributed by atoms with van der Waals surface area (Å²) in [6.07, 6.45) is 4.09. The number of benzene rings is 1. The Bertz CT molecular complexity index is 547. The molecule has 1 N–H and O–H groups in total. The predicted molar refractivity (Wildman–Crippen MR) is 67.4 cm³/mol. The zero-order valence-corrected chi connectivity index (χ0v) is 9.48. The molecule has 90 valence electrons. The van der Waals surface area contributed by atoms with E-state index in [2.05, 4.69) is 4.98 Å². The van der Waals surface area contributed by atoms with Crippen molar-refractivity contribution in [3.63, 3.8) is 0 Å². The van der Waals surface area contributed by atoms with E-state index < -0.39 is 5.97 Å². The second-order valence-electron chi connectivity index (χ2n) is 3.52. The van der Waals surface area contributed by atoms with Gasteiger partial charge in [-0.05, 0) is 29.8 Å². The van der Waals surface area contributed by atoms with Crippen LogP contribution >= 0.6 is 0 Å². The number of ether oxygens (including phenoxy) is 1. The van der Waals surface area contributed by atoms with Gasteiger partial charge in [0.05, 0.1) is 0 Å². The van der Waals surface area contributed by atoms with Crippen molar-refractivity contribution in [3.05, 3.63) is 60.3 Å². The second kappa shape index (κ2) is 5.63. The molecule has 0 atom stereocenters. The lowest BCUT2D eigenvalue weighted by Crippen LogP contribution is -1.88. The fraction of sp³-hybridized carbons (Fsp3) is 0. The van der Waals surface area contributed by atoms with Crippen molar-refractivity contribution in [2.45, 2.75) is 0 Å². The lowest BCUT2D eigenvalue weighted by atomic mass is 10.2. The Morgan fingerprint density at radius 2 is 1.94 bits per heavy atom. The van der Waals surface area contributed by atoms with Crippen LogP contribution in [-0.2, 0) is 4.79 Å². The highest BCUT2D eigenvalue weighted by Gasteiger charge is 1.97. The third kappa shape index (κ3) is 3.45. The van der Waals surface area contributed by atoms with Crippen LogP contribution in [0.5, 0.6) is 11.6 Å². The van der Waals surface area contributed by atoms with Gasteiger partial charge in [0.25, 0.3) is 0 Å². The minimum Gasteiger partial charge on any atom is -0.478 e. The van der Waals surface area contributed by atoms with Gasteiger partial charge in [-0.3, -0.25) is 0 Å². The molecule has 0 fully saturated rings. The molecule has 4 nitrogen and oxygen atoms in total. The number of pyridine rings is 1. The van der Waals surface area contributed by atoms with Crippen LogP contribution < -0.4 is 4.74 Å². The molecule has 18 heavy (non-hydrogen) atoms. The Labute approximate surface area is 104 Å². The number of hydrogen-bond acceptors (Lipinski definition) is 3. The summed E-state index contributed by atoms with van der Waals surface area (Å²) in [5, 5.41) is 8.49. The molecule has 0 bridgehead atoms. The van der Waals surface area contributed by atoms with E-state index in [-0.39, 0.29) is 0 Å². The highest BCUT2D eigenvalue weighted by Crippen LogP contribution is 2.18. The summed E-state index contributed by atoms with van der Waals surface area (Å²) in [4.78, 5) is 14.4. The van der Waals surface area contributed by atoms with Crippen molar-refractivity contribution in [1.29, 1.82) is 0 Å². The third-order valence-electron chi connectivity index (χ3n) is 2.14. The lowest BCUT2D eigenvalue weighted by Gasteiger charge is -2.03. The van der Waals surface area contributed by atoms with Gasteiger partial charge in [-0.25, -0.2) is 9.78 Å². The van der Waals surface area contributed by atoms with Crippen LogP contribution in [0.15, 0.2) is 54.7 Å². The number of carbonyl (C=O) groups is 1. The highest BCUT2D eigenvalue weighted by molar-refractivity contribution is 5.85. The highest BCUT2D eigenvalue weighted by atomic mass is 16.5. The molecule has 0 aliphatic carbocycles. The number of nitrogens with zero attached hydrogens (tertiary/aromatic N) is 1. The molecule has 0 saturated heterocycles. The summed E-state index contributed by atoms with van der Waals surface area (Å²) < 4.78 is 5.51. The van der Waals surface area contributed by atoms with Gasteiger partial charge in [-0.1, -0.05) is 18.2 Å². The Hall–Kier alpha value is -2.62. The van der Waals surface area contributed by atoms with E-state index in [0.29, 0.717) is 17.2 Å². The Morgan fingerprint density at radius 3 is 2.56 bits per heavy atom. The van der Waals surface area contributed by atoms with Gasteiger partial charge >= 0.3 is 5.97 Å². The zero-order valence-electron chi connectivity index (χ0n) is 9.48. The summed E-state index contributed by atoms with van der Waals surface area (Å²) in [6, 6.07) is 12.7. The summed E-state index contributed by atoms with van der Waals surface area (Å²) in [6.45, 7) is 0. The molecular formula is C14H11NO3. The molecule has 1 aromatic heterocycles. The Morgan fingerprint density at radius 1 is 1.17 bits per heavy atom. The largest absolute Gasteiger partial charge is 0.478 e. The fourth-order valence-corrected chi connectivity index (χ4v) is 1.33. The standard InChI is InChI=1S/C14H11NO3/c16-14(17)9-7-11-6-8-13(15-10-11)18-12-4-2-1-3-5-12/h1-10H,(H,16,17). The molecule has 2 aromatic rings. The maximum absolute atomic E-state index is 10.3. The van der Waals surface area contributed by atoms with Crippen molar-refractivity contribution >= 4 is 12.0 Å². The van der Waals surface area contributed by atoms with Gasteiger partial charge < -0.3 is 9.84 Å². The molecule has 0 aliphatic heterocycles. The van der Waals surface area contributed by atoms with Gasteiger partial charge in [0.2, 0.25) is 5.88 Å². The maximum Gasteiger partial charge on any atom is 0.328 e. The molecular weight excluding hydrogens is 230 g/mol. The topological polar surface area (TPSA) is 59.4 Å². The number of para-hydroxylation sites is 1. The van der Waals surface area contributed by atoms with Gasteiger partial charge in [0, 0.05) is 18.3 Å². The van der Waals surface area contributed by atoms with Gasteiger partial charge in [0.15, 0.2) is 0 Å². The Balaban J connectivity index is 2.06. The summed E-state index contributed by atoms with van der Waals surface area (Å²) in [5.41, 5.74) is 0.706. The molecule has 0 amide bonds. The second-order valence-corrected chi connectivity index (χ2v) is 3.52. The van der Waals surface area contributed by atoms with Crippen molar-refractivity contribution in [2.24, 2.45) is 0 Å². The number of hydrogen-bond donors (Lipinski definition) is 1. The first-order chi connectivity index (χ1) is 8.74. The quantitative estimate of drug-likeness (QED) is 0.836. The van der Waals surface area contributed by atoms with Crippen molar-refractivity contribution in [1.82, 2.24) is 4.98 Å². The van der Waals surface area contributed by atoms with Crippen LogP contribution in [0.2, 0.25) is 0 Å². The van der Waals surface area contributed by atoms with Crippen molar-refractivity contribution in [2.75, 3.05) is 0 Å². The average Bonchev–Trinajstić information content (AvgIpc) is 2.39. The first kappa shape index (κ1) is 11.9. The van der Waals surface area contributed by atoms with E-state index in [1.165, 1.54) is 6.08 Å². The van der Waals surface area contributed by atoms with Crippen molar-refractivity contribution < 1.29 is 14.6 Å². The SMILES string of the molecule is O=C(O)C=Cc1ccc(Oc2ccccc2)nc1. The van der Waals surface area contributed by atoms with E-state index in [9.17, 15) is 4.79 Å². The summed E-state index contributed by atoms with van der Waals surface area (Å²) >= 11 is 0. The van der Waals surface area contributed by atoms with E-state index in [1.54, 1.807) is 18.3 Å². The van der Waals surface area contributed by atoms with Gasteiger partial charge in [-0.15, -0.1) is 0 Å². The molecule has 0 radical (unpaired) electrons. The Kier molecular flexibility index (Phi) is 3.71. The van der Waals surface area contributed by atoms with E-state index >= 15 is 0 Å². The van der Waals surface area contributed by atoms with Crippen LogP contribution in [0.1, 0.15) is 5.56 Å². The number of aliphatic carboxylic acids is 1. The first-order valence-electron chi connectivity index (χ1n) is 5.34. The molecule has 0 aliphatic rings. The maximum atomic E-state index is 10.3. The lowest BCUT2D eigenvalue weighted by molar-refractivity contribution is -0.131. The average molecular weight is 241 g/mol. The van der Waals surface area contributed by atoms with Crippen LogP contribution in [0.3, 0.4) is 0 Å². The molecule has 4 heteroatoms. The minimum atomic E-state index is -0.986. The van der Waals surface area contributed by atoms with Crippen LogP contribution in [0.25, 0.3) is 6.08 Å². The number of carboxylic acids is 1. The normalized spacial score (nSPS) is 10.4. The molecule has 2 rings (SSSR count). The van der Waals surface area contributed by atoms with Crippen LogP contribution in [0.4, 0.5) is 0 Å². The summed E-state index contributed by atoms with van der Waals surface area (Å²) in [5.74, 6) is 0.187. The third-order valence-corrected chi connectivity index (χ3v) is 2.14. The molecule has 0 saturated carbocycles. The first-order valence-corrected chi connectivity index (χ1v) is 5.34. The molecule has 1 heterocycles.